The molecular weight excluding hydrogens is 296 g/mol. The summed E-state index contributed by atoms with van der Waals surface area (Å²) in [5.41, 5.74) is 0. The molecule has 130 valence electrons. The van der Waals surface area contributed by atoms with E-state index in [1.807, 2.05) is 6.92 Å². The molecule has 2 unspecified atom stereocenters. The highest BCUT2D eigenvalue weighted by Crippen LogP contribution is 2.24. The normalized spacial score (nSPS) is 26.4. The summed E-state index contributed by atoms with van der Waals surface area (Å²) in [7, 11) is 1.40. The zero-order chi connectivity index (χ0) is 16.8. The van der Waals surface area contributed by atoms with Crippen LogP contribution in [0, 0.1) is 11.8 Å². The number of piperidine rings is 1. The highest BCUT2D eigenvalue weighted by molar-refractivity contribution is 5.85. The molecule has 0 N–H and O–H groups in total. The average Bonchev–Trinajstić information content (AvgIpc) is 2.53. The Labute approximate surface area is 138 Å². The van der Waals surface area contributed by atoms with E-state index in [1.54, 1.807) is 9.80 Å². The fourth-order valence-corrected chi connectivity index (χ4v) is 3.52. The van der Waals surface area contributed by atoms with Crippen molar-refractivity contribution >= 4 is 17.8 Å². The van der Waals surface area contributed by atoms with Gasteiger partial charge in [0.25, 0.3) is 0 Å². The van der Waals surface area contributed by atoms with E-state index < -0.39 is 0 Å². The Bertz CT molecular complexity index is 452. The molecule has 0 saturated carbocycles. The molecule has 0 bridgehead atoms. The van der Waals surface area contributed by atoms with E-state index in [9.17, 15) is 14.4 Å². The largest absolute Gasteiger partial charge is 0.469 e. The Balaban J connectivity index is 1.88. The van der Waals surface area contributed by atoms with Crippen molar-refractivity contribution in [3.63, 3.8) is 0 Å². The summed E-state index contributed by atoms with van der Waals surface area (Å²) >= 11 is 0. The van der Waals surface area contributed by atoms with Gasteiger partial charge in [0.1, 0.15) is 0 Å². The second-order valence-electron chi connectivity index (χ2n) is 6.71. The van der Waals surface area contributed by atoms with Gasteiger partial charge in [-0.05, 0) is 25.2 Å². The molecule has 2 amide bonds. The monoisotopic (exact) mass is 324 g/mol. The molecule has 0 aromatic carbocycles. The van der Waals surface area contributed by atoms with Gasteiger partial charge in [-0.3, -0.25) is 14.4 Å². The van der Waals surface area contributed by atoms with Crippen molar-refractivity contribution in [2.45, 2.75) is 45.4 Å². The number of hydrogen-bond acceptors (Lipinski definition) is 4. The van der Waals surface area contributed by atoms with Crippen LogP contribution in [0.5, 0.6) is 0 Å². The van der Waals surface area contributed by atoms with Crippen LogP contribution in [0.15, 0.2) is 0 Å². The summed E-state index contributed by atoms with van der Waals surface area (Å²) in [5.74, 6) is -0.149. The average molecular weight is 324 g/mol. The predicted molar refractivity (Wildman–Crippen MR) is 85.5 cm³/mol. The van der Waals surface area contributed by atoms with E-state index in [0.717, 1.165) is 25.7 Å². The van der Waals surface area contributed by atoms with Crippen LogP contribution in [-0.2, 0) is 19.1 Å². The smallest absolute Gasteiger partial charge is 0.309 e. The van der Waals surface area contributed by atoms with Crippen molar-refractivity contribution in [3.05, 3.63) is 0 Å². The number of carbonyl (C=O) groups is 3. The first-order valence-corrected chi connectivity index (χ1v) is 8.66. The van der Waals surface area contributed by atoms with Crippen molar-refractivity contribution < 1.29 is 19.1 Å². The highest BCUT2D eigenvalue weighted by atomic mass is 16.5. The SMILES string of the molecule is COC(=O)C1CCN(C(=O)CN2CCCCCCC2=O)CC1C. The number of amides is 2. The van der Waals surface area contributed by atoms with Crippen LogP contribution in [0.25, 0.3) is 0 Å². The van der Waals surface area contributed by atoms with Gasteiger partial charge in [-0.25, -0.2) is 0 Å². The lowest BCUT2D eigenvalue weighted by Crippen LogP contribution is -2.49. The maximum Gasteiger partial charge on any atom is 0.309 e. The molecule has 2 aliphatic rings. The van der Waals surface area contributed by atoms with Crippen LogP contribution in [-0.4, -0.2) is 60.9 Å². The van der Waals surface area contributed by atoms with Gasteiger partial charge in [-0.15, -0.1) is 0 Å². The van der Waals surface area contributed by atoms with Crippen molar-refractivity contribution in [1.82, 2.24) is 9.80 Å². The summed E-state index contributed by atoms with van der Waals surface area (Å²) < 4.78 is 4.82. The van der Waals surface area contributed by atoms with Gasteiger partial charge in [0.05, 0.1) is 19.6 Å². The molecule has 0 aliphatic carbocycles. The number of hydrogen-bond donors (Lipinski definition) is 0. The van der Waals surface area contributed by atoms with Crippen molar-refractivity contribution in [2.75, 3.05) is 33.3 Å². The zero-order valence-corrected chi connectivity index (χ0v) is 14.3. The lowest BCUT2D eigenvalue weighted by Gasteiger charge is -2.36. The maximum atomic E-state index is 12.5. The second-order valence-corrected chi connectivity index (χ2v) is 6.71. The Kier molecular flexibility index (Phi) is 6.42. The molecule has 0 radical (unpaired) electrons. The molecule has 6 nitrogen and oxygen atoms in total. The summed E-state index contributed by atoms with van der Waals surface area (Å²) in [6, 6.07) is 0. The molecule has 6 heteroatoms. The zero-order valence-electron chi connectivity index (χ0n) is 14.3. The molecule has 2 saturated heterocycles. The number of esters is 1. The minimum atomic E-state index is -0.191. The fraction of sp³-hybridized carbons (Fsp3) is 0.824. The molecule has 2 aliphatic heterocycles. The van der Waals surface area contributed by atoms with E-state index in [0.29, 0.717) is 32.5 Å². The van der Waals surface area contributed by atoms with Crippen LogP contribution < -0.4 is 0 Å². The number of nitrogens with zero attached hydrogens (tertiary/aromatic N) is 2. The first-order chi connectivity index (χ1) is 11.0. The van der Waals surface area contributed by atoms with Gasteiger partial charge in [0.15, 0.2) is 0 Å². The Hall–Kier alpha value is -1.59. The Morgan fingerprint density at radius 2 is 1.91 bits per heavy atom. The van der Waals surface area contributed by atoms with Crippen LogP contribution in [0.1, 0.15) is 45.4 Å². The maximum absolute atomic E-state index is 12.5. The van der Waals surface area contributed by atoms with Gasteiger partial charge in [-0.1, -0.05) is 19.8 Å². The fourth-order valence-electron chi connectivity index (χ4n) is 3.52. The third-order valence-electron chi connectivity index (χ3n) is 5.01. The molecule has 0 aromatic rings. The Morgan fingerprint density at radius 1 is 1.17 bits per heavy atom. The first-order valence-electron chi connectivity index (χ1n) is 8.66. The molecular formula is C17H28N2O4. The summed E-state index contributed by atoms with van der Waals surface area (Å²) in [6.07, 6.45) is 5.30. The van der Waals surface area contributed by atoms with E-state index in [-0.39, 0.29) is 36.2 Å². The van der Waals surface area contributed by atoms with Crippen molar-refractivity contribution in [3.8, 4) is 0 Å². The number of likely N-dealkylation sites (tertiary alicyclic amines) is 2. The molecule has 2 heterocycles. The molecule has 0 spiro atoms. The third kappa shape index (κ3) is 4.69. The predicted octanol–water partition coefficient (Wildman–Crippen LogP) is 1.44. The minimum absolute atomic E-state index is 0.00547. The number of methoxy groups -OCH3 is 1. The lowest BCUT2D eigenvalue weighted by atomic mass is 9.87. The number of ether oxygens (including phenoxy) is 1. The summed E-state index contributed by atoms with van der Waals surface area (Å²) in [6.45, 7) is 3.95. The highest BCUT2D eigenvalue weighted by Gasteiger charge is 2.34. The summed E-state index contributed by atoms with van der Waals surface area (Å²) in [4.78, 5) is 39.8. The van der Waals surface area contributed by atoms with Crippen molar-refractivity contribution in [2.24, 2.45) is 11.8 Å². The summed E-state index contributed by atoms with van der Waals surface area (Å²) in [5, 5.41) is 0. The molecule has 2 rings (SSSR count). The van der Waals surface area contributed by atoms with Gasteiger partial charge in [0, 0.05) is 26.1 Å². The number of rotatable bonds is 3. The standard InChI is InChI=1S/C17H28N2O4/c1-13-11-19(10-8-14(13)17(22)23-2)16(21)12-18-9-6-4-3-5-7-15(18)20/h13-14H,3-12H2,1-2H3. The molecule has 0 aromatic heterocycles. The van der Waals surface area contributed by atoms with Gasteiger partial charge < -0.3 is 14.5 Å². The van der Waals surface area contributed by atoms with Crippen LogP contribution in [0.3, 0.4) is 0 Å². The lowest BCUT2D eigenvalue weighted by molar-refractivity contribution is -0.152. The number of carbonyl (C=O) groups excluding carboxylic acids is 3. The van der Waals surface area contributed by atoms with E-state index in [2.05, 4.69) is 0 Å². The quantitative estimate of drug-likeness (QED) is 0.737. The van der Waals surface area contributed by atoms with Gasteiger partial charge in [-0.2, -0.15) is 0 Å². The first kappa shape index (κ1) is 17.8. The van der Waals surface area contributed by atoms with E-state index in [4.69, 9.17) is 4.74 Å². The van der Waals surface area contributed by atoms with Crippen LogP contribution in [0.2, 0.25) is 0 Å². The van der Waals surface area contributed by atoms with Gasteiger partial charge >= 0.3 is 5.97 Å². The van der Waals surface area contributed by atoms with Gasteiger partial charge in [0.2, 0.25) is 11.8 Å². The van der Waals surface area contributed by atoms with Crippen LogP contribution in [0.4, 0.5) is 0 Å². The molecule has 23 heavy (non-hydrogen) atoms. The molecule has 2 fully saturated rings. The Morgan fingerprint density at radius 3 is 2.61 bits per heavy atom. The molecule has 2 atom stereocenters. The third-order valence-corrected chi connectivity index (χ3v) is 5.01. The van der Waals surface area contributed by atoms with Crippen molar-refractivity contribution in [1.29, 1.82) is 0 Å². The van der Waals surface area contributed by atoms with E-state index >= 15 is 0 Å². The topological polar surface area (TPSA) is 66.9 Å². The second kappa shape index (κ2) is 8.31. The minimum Gasteiger partial charge on any atom is -0.469 e. The van der Waals surface area contributed by atoms with Crippen LogP contribution >= 0.6 is 0 Å². The van der Waals surface area contributed by atoms with E-state index in [1.165, 1.54) is 7.11 Å².